The molecule has 1 fully saturated rings. The van der Waals surface area contributed by atoms with Crippen molar-refractivity contribution in [2.24, 2.45) is 0 Å². The van der Waals surface area contributed by atoms with Crippen LogP contribution in [-0.4, -0.2) is 35.6 Å². The number of carboxylic acid groups (broad SMARTS) is 1. The fourth-order valence-electron chi connectivity index (χ4n) is 4.57. The Balaban J connectivity index is 1.41. The van der Waals surface area contributed by atoms with Gasteiger partial charge in [0.05, 0.1) is 12.0 Å². The van der Waals surface area contributed by atoms with E-state index in [0.29, 0.717) is 18.0 Å². The van der Waals surface area contributed by atoms with Gasteiger partial charge in [0.1, 0.15) is 5.75 Å². The average molecular weight is 516 g/mol. The van der Waals surface area contributed by atoms with Gasteiger partial charge in [-0.15, -0.1) is 12.6 Å². The number of alkyl halides is 3. The number of hydrogen-bond acceptors (Lipinski definition) is 4. The third-order valence-electron chi connectivity index (χ3n) is 6.55. The van der Waals surface area contributed by atoms with Gasteiger partial charge in [0.15, 0.2) is 5.44 Å². The van der Waals surface area contributed by atoms with Gasteiger partial charge in [-0.3, -0.25) is 4.79 Å². The lowest BCUT2D eigenvalue weighted by molar-refractivity contribution is -0.138. The van der Waals surface area contributed by atoms with Crippen LogP contribution in [0.1, 0.15) is 47.3 Å². The molecule has 0 aromatic heterocycles. The molecule has 4 rings (SSSR count). The highest BCUT2D eigenvalue weighted by molar-refractivity contribution is 7.80. The second kappa shape index (κ2) is 11.4. The minimum atomic E-state index is -4.53. The van der Waals surface area contributed by atoms with Crippen molar-refractivity contribution in [3.05, 3.63) is 89.5 Å². The highest BCUT2D eigenvalue weighted by atomic mass is 32.1. The zero-order valence-corrected chi connectivity index (χ0v) is 20.5. The Morgan fingerprint density at radius 2 is 1.69 bits per heavy atom. The molecule has 8 heteroatoms. The summed E-state index contributed by atoms with van der Waals surface area (Å²) >= 11 is 4.49. The molecule has 1 aliphatic rings. The van der Waals surface area contributed by atoms with Crippen LogP contribution in [0.3, 0.4) is 0 Å². The maximum atomic E-state index is 13.8. The Labute approximate surface area is 214 Å². The monoisotopic (exact) mass is 515 g/mol. The van der Waals surface area contributed by atoms with E-state index in [-0.39, 0.29) is 17.7 Å². The lowest BCUT2D eigenvalue weighted by Crippen LogP contribution is -2.34. The molecule has 4 nitrogen and oxygen atoms in total. The molecule has 36 heavy (non-hydrogen) atoms. The zero-order chi connectivity index (χ0) is 25.7. The number of hydrogen-bond donors (Lipinski definition) is 2. The maximum absolute atomic E-state index is 13.8. The van der Waals surface area contributed by atoms with Crippen LogP contribution in [0, 0.1) is 0 Å². The van der Waals surface area contributed by atoms with E-state index in [2.05, 4.69) is 17.5 Å². The number of thiol groups is 1. The van der Waals surface area contributed by atoms with E-state index in [9.17, 15) is 18.0 Å². The van der Waals surface area contributed by atoms with E-state index >= 15 is 0 Å². The van der Waals surface area contributed by atoms with Crippen molar-refractivity contribution < 1.29 is 27.8 Å². The first-order valence-corrected chi connectivity index (χ1v) is 12.4. The van der Waals surface area contributed by atoms with Crippen LogP contribution in [0.5, 0.6) is 5.75 Å². The number of halogens is 3. The first-order valence-electron chi connectivity index (χ1n) is 11.9. The van der Waals surface area contributed by atoms with E-state index in [1.54, 1.807) is 30.3 Å². The Kier molecular flexibility index (Phi) is 8.26. The van der Waals surface area contributed by atoms with E-state index in [1.165, 1.54) is 17.7 Å². The van der Waals surface area contributed by atoms with Crippen LogP contribution in [0.15, 0.2) is 72.8 Å². The number of likely N-dealkylation sites (tertiary alicyclic amines) is 1. The van der Waals surface area contributed by atoms with Gasteiger partial charge in [-0.25, -0.2) is 0 Å². The molecule has 1 atom stereocenters. The lowest BCUT2D eigenvalue weighted by Gasteiger charge is -2.32. The van der Waals surface area contributed by atoms with Crippen molar-refractivity contribution in [2.75, 3.05) is 19.6 Å². The molecule has 190 valence electrons. The van der Waals surface area contributed by atoms with Crippen LogP contribution in [0.25, 0.3) is 11.1 Å². The topological polar surface area (TPSA) is 49.8 Å². The molecule has 0 amide bonds. The summed E-state index contributed by atoms with van der Waals surface area (Å²) in [5.74, 6) is -0.294. The van der Waals surface area contributed by atoms with Crippen LogP contribution in [0.4, 0.5) is 13.2 Å². The summed E-state index contributed by atoms with van der Waals surface area (Å²) in [6.45, 7) is 2.29. The third-order valence-corrected chi connectivity index (χ3v) is 6.95. The highest BCUT2D eigenvalue weighted by Crippen LogP contribution is 2.40. The van der Waals surface area contributed by atoms with Crippen LogP contribution in [0.2, 0.25) is 0 Å². The molecular weight excluding hydrogens is 487 g/mol. The molecule has 0 saturated carbocycles. The van der Waals surface area contributed by atoms with Gasteiger partial charge in [-0.1, -0.05) is 60.7 Å². The predicted octanol–water partition coefficient (Wildman–Crippen LogP) is 7.03. The highest BCUT2D eigenvalue weighted by Gasteiger charge is 2.34. The molecule has 1 saturated heterocycles. The normalized spacial score (nSPS) is 16.0. The quantitative estimate of drug-likeness (QED) is 0.250. The Bertz CT molecular complexity index is 1160. The summed E-state index contributed by atoms with van der Waals surface area (Å²) in [5.41, 5.74) is 1.05. The molecule has 0 bridgehead atoms. The van der Waals surface area contributed by atoms with Crippen molar-refractivity contribution in [3.8, 4) is 16.9 Å². The molecule has 1 heterocycles. The summed E-state index contributed by atoms with van der Waals surface area (Å²) in [6.07, 6.45) is -2.47. The van der Waals surface area contributed by atoms with Crippen molar-refractivity contribution in [3.63, 3.8) is 0 Å². The first-order chi connectivity index (χ1) is 17.2. The van der Waals surface area contributed by atoms with Gasteiger partial charge >= 0.3 is 12.1 Å². The second-order valence-corrected chi connectivity index (χ2v) is 9.44. The summed E-state index contributed by atoms with van der Waals surface area (Å²) in [5, 5.41) is 8.85. The summed E-state index contributed by atoms with van der Waals surface area (Å²) in [4.78, 5) is 12.9. The molecule has 0 aliphatic carbocycles. The Morgan fingerprint density at radius 3 is 2.31 bits per heavy atom. The van der Waals surface area contributed by atoms with Crippen molar-refractivity contribution in [1.82, 2.24) is 4.90 Å². The molecule has 1 aliphatic heterocycles. The van der Waals surface area contributed by atoms with E-state index < -0.39 is 23.1 Å². The average Bonchev–Trinajstić information content (AvgIpc) is 2.88. The zero-order valence-electron chi connectivity index (χ0n) is 19.6. The Morgan fingerprint density at radius 1 is 1.03 bits per heavy atom. The minimum Gasteiger partial charge on any atom is -0.481 e. The minimum absolute atomic E-state index is 0.0971. The number of nitrogens with zero attached hydrogens (tertiary/aromatic N) is 1. The van der Waals surface area contributed by atoms with E-state index in [4.69, 9.17) is 9.84 Å². The molecular formula is C28H28F3NO3S. The largest absolute Gasteiger partial charge is 0.481 e. The first kappa shape index (κ1) is 26.1. The van der Waals surface area contributed by atoms with Gasteiger partial charge in [-0.05, 0) is 60.7 Å². The van der Waals surface area contributed by atoms with E-state index in [0.717, 1.165) is 37.6 Å². The molecule has 0 spiro atoms. The van der Waals surface area contributed by atoms with Crippen molar-refractivity contribution >= 4 is 18.6 Å². The van der Waals surface area contributed by atoms with Gasteiger partial charge in [-0.2, -0.15) is 13.2 Å². The third kappa shape index (κ3) is 6.62. The van der Waals surface area contributed by atoms with Crippen molar-refractivity contribution in [1.29, 1.82) is 0 Å². The number of benzene rings is 3. The summed E-state index contributed by atoms with van der Waals surface area (Å²) < 4.78 is 47.2. The molecule has 1 unspecified atom stereocenters. The van der Waals surface area contributed by atoms with Gasteiger partial charge < -0.3 is 14.7 Å². The maximum Gasteiger partial charge on any atom is 0.417 e. The number of ether oxygens (including phenoxy) is 1. The van der Waals surface area contributed by atoms with Crippen LogP contribution >= 0.6 is 12.6 Å². The van der Waals surface area contributed by atoms with Crippen LogP contribution < -0.4 is 4.74 Å². The summed E-state index contributed by atoms with van der Waals surface area (Å²) in [7, 11) is 0. The van der Waals surface area contributed by atoms with Gasteiger partial charge in [0.2, 0.25) is 0 Å². The number of rotatable bonds is 8. The number of piperidine rings is 1. The standard InChI is InChI=1S/C28H28F3NO3S/c29-28(30,31)25-18-23(10-11-24(25)21-4-2-1-3-5-21)35-27(36)22-8-6-19(7-9-22)20-12-15-32(16-13-20)17-14-26(33)34/h1-11,18,20,27,36H,12-17H2,(H,33,34). The fraction of sp³-hybridized carbons (Fsp3) is 0.321. The van der Waals surface area contributed by atoms with E-state index in [1.807, 2.05) is 24.3 Å². The van der Waals surface area contributed by atoms with Gasteiger partial charge in [0.25, 0.3) is 0 Å². The number of aliphatic carboxylic acids is 1. The predicted molar refractivity (Wildman–Crippen MR) is 136 cm³/mol. The smallest absolute Gasteiger partial charge is 0.417 e. The SMILES string of the molecule is O=C(O)CCN1CCC(c2ccc(C(S)Oc3ccc(-c4ccccc4)c(C(F)(F)F)c3)cc2)CC1. The van der Waals surface area contributed by atoms with Crippen LogP contribution in [-0.2, 0) is 11.0 Å². The fourth-order valence-corrected chi connectivity index (χ4v) is 4.87. The molecule has 1 N–H and O–H groups in total. The second-order valence-electron chi connectivity index (χ2n) is 8.97. The summed E-state index contributed by atoms with van der Waals surface area (Å²) in [6, 6.07) is 20.3. The number of carboxylic acids is 1. The van der Waals surface area contributed by atoms with Crippen molar-refractivity contribution in [2.45, 2.75) is 36.8 Å². The molecule has 3 aromatic carbocycles. The number of carbonyl (C=O) groups is 1. The molecule has 0 radical (unpaired) electrons. The van der Waals surface area contributed by atoms with Gasteiger partial charge in [0, 0.05) is 12.1 Å². The lowest BCUT2D eigenvalue weighted by atomic mass is 9.89. The Hall–Kier alpha value is -2.97. The molecule has 3 aromatic rings.